The summed E-state index contributed by atoms with van der Waals surface area (Å²) in [6.45, 7) is 8.69. The fraction of sp³-hybridized carbons (Fsp3) is 0.556. The molecule has 2 rings (SSSR count). The van der Waals surface area contributed by atoms with Crippen LogP contribution >= 0.6 is 0 Å². The smallest absolute Gasteiger partial charge is 0.0236 e. The third-order valence-electron chi connectivity index (χ3n) is 4.34. The highest BCUT2D eigenvalue weighted by atomic mass is 15.2. The minimum Gasteiger partial charge on any atom is -0.328 e. The van der Waals surface area contributed by atoms with E-state index in [0.29, 0.717) is 12.1 Å². The van der Waals surface area contributed by atoms with Crippen molar-refractivity contribution in [1.29, 1.82) is 0 Å². The van der Waals surface area contributed by atoms with Gasteiger partial charge in [0.1, 0.15) is 0 Å². The van der Waals surface area contributed by atoms with Crippen LogP contribution in [-0.2, 0) is 0 Å². The molecule has 2 N–H and O–H groups in total. The molecule has 1 aliphatic carbocycles. The van der Waals surface area contributed by atoms with Crippen molar-refractivity contribution in [3.8, 4) is 0 Å². The molecule has 1 aliphatic rings. The summed E-state index contributed by atoms with van der Waals surface area (Å²) >= 11 is 0. The molecular weight excluding hydrogens is 244 g/mol. The molecule has 1 saturated carbocycles. The van der Waals surface area contributed by atoms with Crippen LogP contribution in [0.15, 0.2) is 36.9 Å². The van der Waals surface area contributed by atoms with Crippen LogP contribution in [0.5, 0.6) is 0 Å². The maximum Gasteiger partial charge on any atom is 0.0236 e. The summed E-state index contributed by atoms with van der Waals surface area (Å²) in [5.41, 5.74) is 8.52. The second kappa shape index (κ2) is 7.61. The van der Waals surface area contributed by atoms with Gasteiger partial charge < -0.3 is 5.73 Å². The van der Waals surface area contributed by atoms with Gasteiger partial charge in [-0.2, -0.15) is 0 Å². The van der Waals surface area contributed by atoms with Crippen molar-refractivity contribution < 1.29 is 0 Å². The van der Waals surface area contributed by atoms with Gasteiger partial charge in [-0.05, 0) is 49.8 Å². The lowest BCUT2D eigenvalue weighted by atomic mass is 9.90. The van der Waals surface area contributed by atoms with E-state index in [-0.39, 0.29) is 0 Å². The largest absolute Gasteiger partial charge is 0.328 e. The van der Waals surface area contributed by atoms with E-state index in [9.17, 15) is 0 Å². The third kappa shape index (κ3) is 4.19. The monoisotopic (exact) mass is 272 g/mol. The summed E-state index contributed by atoms with van der Waals surface area (Å²) in [4.78, 5) is 2.61. The molecule has 0 aliphatic heterocycles. The maximum absolute atomic E-state index is 6.03. The number of rotatable bonds is 6. The highest BCUT2D eigenvalue weighted by molar-refractivity contribution is 5.64. The summed E-state index contributed by atoms with van der Waals surface area (Å²) < 4.78 is 0. The van der Waals surface area contributed by atoms with Gasteiger partial charge in [-0.25, -0.2) is 0 Å². The highest BCUT2D eigenvalue weighted by Crippen LogP contribution is 2.24. The second-order valence-corrected chi connectivity index (χ2v) is 6.01. The Bertz CT molecular complexity index is 405. The summed E-state index contributed by atoms with van der Waals surface area (Å²) in [6.07, 6.45) is 6.02. The lowest BCUT2D eigenvalue weighted by Crippen LogP contribution is -2.41. The molecule has 2 nitrogen and oxygen atoms in total. The summed E-state index contributed by atoms with van der Waals surface area (Å²) in [7, 11) is 0. The number of nitrogens with two attached hydrogens (primary N) is 1. The minimum absolute atomic E-state index is 0.423. The van der Waals surface area contributed by atoms with Gasteiger partial charge >= 0.3 is 0 Å². The van der Waals surface area contributed by atoms with Crippen molar-refractivity contribution in [3.05, 3.63) is 42.5 Å². The van der Waals surface area contributed by atoms with Gasteiger partial charge in [0.15, 0.2) is 0 Å². The van der Waals surface area contributed by atoms with Crippen LogP contribution < -0.4 is 5.73 Å². The molecule has 20 heavy (non-hydrogen) atoms. The van der Waals surface area contributed by atoms with E-state index < -0.39 is 0 Å². The molecule has 0 amide bonds. The Morgan fingerprint density at radius 1 is 1.20 bits per heavy atom. The van der Waals surface area contributed by atoms with E-state index in [1.54, 1.807) is 0 Å². The Hall–Kier alpha value is -1.12. The molecule has 1 fully saturated rings. The predicted octanol–water partition coefficient (Wildman–Crippen LogP) is 3.68. The molecule has 0 aromatic heterocycles. The van der Waals surface area contributed by atoms with Crippen LogP contribution in [0.1, 0.15) is 44.6 Å². The Labute approximate surface area is 123 Å². The van der Waals surface area contributed by atoms with E-state index in [4.69, 9.17) is 5.73 Å². The first kappa shape index (κ1) is 15.3. The van der Waals surface area contributed by atoms with Crippen LogP contribution in [-0.4, -0.2) is 30.1 Å². The topological polar surface area (TPSA) is 29.3 Å². The predicted molar refractivity (Wildman–Crippen MR) is 87.6 cm³/mol. The van der Waals surface area contributed by atoms with Crippen LogP contribution in [0, 0.1) is 0 Å². The van der Waals surface area contributed by atoms with Gasteiger partial charge in [0, 0.05) is 18.6 Å². The second-order valence-electron chi connectivity index (χ2n) is 6.01. The lowest BCUT2D eigenvalue weighted by molar-refractivity contribution is 0.167. The normalized spacial score (nSPS) is 22.9. The van der Waals surface area contributed by atoms with E-state index in [0.717, 1.165) is 13.1 Å². The highest BCUT2D eigenvalue weighted by Gasteiger charge is 2.24. The average molecular weight is 272 g/mol. The van der Waals surface area contributed by atoms with Crippen molar-refractivity contribution in [2.24, 2.45) is 5.73 Å². The van der Waals surface area contributed by atoms with Crippen molar-refractivity contribution in [3.63, 3.8) is 0 Å². The molecule has 0 spiro atoms. The number of nitrogens with zero attached hydrogens (tertiary/aromatic N) is 1. The van der Waals surface area contributed by atoms with Crippen LogP contribution in [0.2, 0.25) is 0 Å². The van der Waals surface area contributed by atoms with Gasteiger partial charge in [-0.3, -0.25) is 4.90 Å². The molecule has 0 saturated heterocycles. The molecule has 0 radical (unpaired) electrons. The molecule has 0 heterocycles. The number of hydrogen-bond acceptors (Lipinski definition) is 2. The van der Waals surface area contributed by atoms with E-state index in [1.807, 2.05) is 0 Å². The molecule has 1 aromatic rings. The van der Waals surface area contributed by atoms with Gasteiger partial charge in [0.25, 0.3) is 0 Å². The van der Waals surface area contributed by atoms with Gasteiger partial charge in [0.05, 0.1) is 0 Å². The summed E-state index contributed by atoms with van der Waals surface area (Å²) in [6, 6.07) is 11.7. The Balaban J connectivity index is 1.96. The molecule has 110 valence electrons. The van der Waals surface area contributed by atoms with Crippen molar-refractivity contribution in [1.82, 2.24) is 4.90 Å². The van der Waals surface area contributed by atoms with Gasteiger partial charge in [-0.1, -0.05) is 43.8 Å². The lowest BCUT2D eigenvalue weighted by Gasteiger charge is -2.36. The van der Waals surface area contributed by atoms with Crippen LogP contribution in [0.3, 0.4) is 0 Å². The quantitative estimate of drug-likeness (QED) is 0.856. The fourth-order valence-corrected chi connectivity index (χ4v) is 3.15. The molecule has 0 unspecified atom stereocenters. The van der Waals surface area contributed by atoms with E-state index in [2.05, 4.69) is 48.7 Å². The van der Waals surface area contributed by atoms with Gasteiger partial charge in [-0.15, -0.1) is 0 Å². The van der Waals surface area contributed by atoms with Gasteiger partial charge in [0.2, 0.25) is 0 Å². The Morgan fingerprint density at radius 2 is 1.85 bits per heavy atom. The maximum atomic E-state index is 6.03. The van der Waals surface area contributed by atoms with Crippen LogP contribution in [0.4, 0.5) is 0 Å². The molecule has 2 heteroatoms. The molecule has 0 bridgehead atoms. The summed E-state index contributed by atoms with van der Waals surface area (Å²) in [5, 5.41) is 0. The summed E-state index contributed by atoms with van der Waals surface area (Å²) in [5.74, 6) is 0. The van der Waals surface area contributed by atoms with E-state index in [1.165, 1.54) is 43.2 Å². The number of hydrogen-bond donors (Lipinski definition) is 1. The number of benzene rings is 1. The SMILES string of the molecule is C=C(CN(CCC)C1CCC(N)CC1)c1ccccc1. The average Bonchev–Trinajstić information content (AvgIpc) is 2.48. The van der Waals surface area contributed by atoms with Crippen molar-refractivity contribution in [2.75, 3.05) is 13.1 Å². The first-order valence-electron chi connectivity index (χ1n) is 7.93. The van der Waals surface area contributed by atoms with Crippen LogP contribution in [0.25, 0.3) is 5.57 Å². The first-order chi connectivity index (χ1) is 9.70. The fourth-order valence-electron chi connectivity index (χ4n) is 3.15. The Kier molecular flexibility index (Phi) is 5.81. The first-order valence-corrected chi connectivity index (χ1v) is 7.93. The standard InChI is InChI=1S/C18H28N2/c1-3-13-20(18-11-9-17(19)10-12-18)14-15(2)16-7-5-4-6-8-16/h4-8,17-18H,2-3,9-14,19H2,1H3. The minimum atomic E-state index is 0.423. The zero-order valence-electron chi connectivity index (χ0n) is 12.7. The zero-order valence-corrected chi connectivity index (χ0v) is 12.7. The van der Waals surface area contributed by atoms with E-state index >= 15 is 0 Å². The molecule has 0 atom stereocenters. The molecular formula is C18H28N2. The van der Waals surface area contributed by atoms with Crippen molar-refractivity contribution >= 4 is 5.57 Å². The van der Waals surface area contributed by atoms with Crippen molar-refractivity contribution in [2.45, 2.75) is 51.1 Å². The third-order valence-corrected chi connectivity index (χ3v) is 4.34. The molecule has 1 aromatic carbocycles. The zero-order chi connectivity index (χ0) is 14.4. The Morgan fingerprint density at radius 3 is 2.45 bits per heavy atom.